The second-order valence-corrected chi connectivity index (χ2v) is 8.19. The van der Waals surface area contributed by atoms with Crippen LogP contribution in [-0.4, -0.2) is 14.3 Å². The molecule has 0 bridgehead atoms. The standard InChI is InChI=1S/C19H21F3N2O3S/c1-12(14-3-7-16(8-4-14)19(20,21)22)11-18(25)24-13(2)15-5-9-17(10-6-15)28(23,26)27/h3-10,12-13H,11H2,1-2H3,(H,24,25)(H2,23,26,27). The van der Waals surface area contributed by atoms with Crippen LogP contribution in [0.25, 0.3) is 0 Å². The molecule has 0 fully saturated rings. The lowest BCUT2D eigenvalue weighted by Gasteiger charge is -2.17. The van der Waals surface area contributed by atoms with Crippen LogP contribution in [0, 0.1) is 0 Å². The minimum absolute atomic E-state index is 0.0225. The average Bonchev–Trinajstić information content (AvgIpc) is 2.60. The Morgan fingerprint density at radius 3 is 1.96 bits per heavy atom. The summed E-state index contributed by atoms with van der Waals surface area (Å²) in [7, 11) is -3.79. The zero-order chi connectivity index (χ0) is 21.1. The molecule has 0 saturated carbocycles. The van der Waals surface area contributed by atoms with Crippen LogP contribution in [0.15, 0.2) is 53.4 Å². The molecule has 3 N–H and O–H groups in total. The number of rotatable bonds is 6. The van der Waals surface area contributed by atoms with Crippen LogP contribution in [0.5, 0.6) is 0 Å². The third-order valence-electron chi connectivity index (χ3n) is 4.38. The highest BCUT2D eigenvalue weighted by Gasteiger charge is 2.30. The zero-order valence-electron chi connectivity index (χ0n) is 15.3. The lowest BCUT2D eigenvalue weighted by atomic mass is 9.96. The largest absolute Gasteiger partial charge is 0.416 e. The number of hydrogen-bond donors (Lipinski definition) is 2. The van der Waals surface area contributed by atoms with Crippen LogP contribution < -0.4 is 10.5 Å². The van der Waals surface area contributed by atoms with Crippen molar-refractivity contribution in [2.45, 2.75) is 43.3 Å². The Kier molecular flexibility index (Phi) is 6.51. The number of halogens is 3. The van der Waals surface area contributed by atoms with Gasteiger partial charge in [0.25, 0.3) is 0 Å². The third-order valence-corrected chi connectivity index (χ3v) is 5.31. The number of carbonyl (C=O) groups is 1. The van der Waals surface area contributed by atoms with Crippen molar-refractivity contribution in [3.63, 3.8) is 0 Å². The van der Waals surface area contributed by atoms with E-state index >= 15 is 0 Å². The van der Waals surface area contributed by atoms with Gasteiger partial charge in [0.15, 0.2) is 0 Å². The monoisotopic (exact) mass is 414 g/mol. The van der Waals surface area contributed by atoms with Crippen molar-refractivity contribution in [3.05, 3.63) is 65.2 Å². The lowest BCUT2D eigenvalue weighted by Crippen LogP contribution is -2.27. The van der Waals surface area contributed by atoms with E-state index in [1.807, 2.05) is 0 Å². The summed E-state index contributed by atoms with van der Waals surface area (Å²) < 4.78 is 60.4. The molecule has 2 aromatic carbocycles. The molecule has 0 heterocycles. The molecule has 0 aliphatic heterocycles. The molecule has 2 unspecified atom stereocenters. The van der Waals surface area contributed by atoms with Gasteiger partial charge in [-0.25, -0.2) is 13.6 Å². The number of benzene rings is 2. The number of sulfonamides is 1. The fourth-order valence-electron chi connectivity index (χ4n) is 2.73. The first kappa shape index (κ1) is 21.9. The van der Waals surface area contributed by atoms with Crippen molar-refractivity contribution in [2.75, 3.05) is 0 Å². The Bertz CT molecular complexity index is 924. The number of primary sulfonamides is 1. The van der Waals surface area contributed by atoms with Gasteiger partial charge in [0.05, 0.1) is 16.5 Å². The Labute approximate surface area is 161 Å². The molecule has 0 aromatic heterocycles. The first-order valence-corrected chi connectivity index (χ1v) is 10.0. The van der Waals surface area contributed by atoms with Crippen molar-refractivity contribution in [3.8, 4) is 0 Å². The number of alkyl halides is 3. The summed E-state index contributed by atoms with van der Waals surface area (Å²) in [4.78, 5) is 12.2. The SMILES string of the molecule is CC(CC(=O)NC(C)c1ccc(S(N)(=O)=O)cc1)c1ccc(C(F)(F)F)cc1. The fraction of sp³-hybridized carbons (Fsp3) is 0.316. The minimum atomic E-state index is -4.40. The molecular weight excluding hydrogens is 393 g/mol. The Morgan fingerprint density at radius 2 is 1.50 bits per heavy atom. The summed E-state index contributed by atoms with van der Waals surface area (Å²) >= 11 is 0. The first-order valence-electron chi connectivity index (χ1n) is 8.47. The summed E-state index contributed by atoms with van der Waals surface area (Å²) in [6, 6.07) is 10.2. The maximum Gasteiger partial charge on any atom is 0.416 e. The molecule has 0 radical (unpaired) electrons. The van der Waals surface area contributed by atoms with E-state index in [9.17, 15) is 26.4 Å². The number of hydrogen-bond acceptors (Lipinski definition) is 3. The van der Waals surface area contributed by atoms with Crippen molar-refractivity contribution >= 4 is 15.9 Å². The molecule has 0 spiro atoms. The summed E-state index contributed by atoms with van der Waals surface area (Å²) in [5, 5.41) is 7.84. The Morgan fingerprint density at radius 1 is 1.00 bits per heavy atom. The zero-order valence-corrected chi connectivity index (χ0v) is 16.1. The van der Waals surface area contributed by atoms with Gasteiger partial charge in [0, 0.05) is 6.42 Å². The van der Waals surface area contributed by atoms with E-state index in [4.69, 9.17) is 5.14 Å². The molecule has 152 valence electrons. The fourth-order valence-corrected chi connectivity index (χ4v) is 3.24. The highest BCUT2D eigenvalue weighted by molar-refractivity contribution is 7.89. The van der Waals surface area contributed by atoms with E-state index in [0.717, 1.165) is 12.1 Å². The summed E-state index contributed by atoms with van der Waals surface area (Å²) in [6.07, 6.45) is -4.29. The summed E-state index contributed by atoms with van der Waals surface area (Å²) in [5.74, 6) is -0.533. The highest BCUT2D eigenvalue weighted by Crippen LogP contribution is 2.30. The van der Waals surface area contributed by atoms with Crippen LogP contribution in [0.4, 0.5) is 13.2 Å². The molecule has 0 aliphatic carbocycles. The van der Waals surface area contributed by atoms with Gasteiger partial charge in [0.2, 0.25) is 15.9 Å². The number of nitrogens with one attached hydrogen (secondary N) is 1. The van der Waals surface area contributed by atoms with E-state index in [1.54, 1.807) is 26.0 Å². The third kappa shape index (κ3) is 5.80. The van der Waals surface area contributed by atoms with Gasteiger partial charge in [-0.15, -0.1) is 0 Å². The predicted octanol–water partition coefficient (Wildman–Crippen LogP) is 3.72. The molecule has 0 aliphatic rings. The van der Waals surface area contributed by atoms with Crippen LogP contribution in [-0.2, 0) is 21.0 Å². The second-order valence-electron chi connectivity index (χ2n) is 6.63. The first-order chi connectivity index (χ1) is 12.9. The Hall–Kier alpha value is -2.39. The molecule has 2 aromatic rings. The van der Waals surface area contributed by atoms with Gasteiger partial charge < -0.3 is 5.32 Å². The average molecular weight is 414 g/mol. The highest BCUT2D eigenvalue weighted by atomic mass is 32.2. The normalized spacial score (nSPS) is 14.4. The number of carbonyl (C=O) groups excluding carboxylic acids is 1. The van der Waals surface area contributed by atoms with E-state index < -0.39 is 21.8 Å². The van der Waals surface area contributed by atoms with E-state index in [0.29, 0.717) is 11.1 Å². The van der Waals surface area contributed by atoms with Gasteiger partial charge in [-0.2, -0.15) is 13.2 Å². The van der Waals surface area contributed by atoms with Crippen molar-refractivity contribution in [1.82, 2.24) is 5.32 Å². The summed E-state index contributed by atoms with van der Waals surface area (Å²) in [6.45, 7) is 3.50. The minimum Gasteiger partial charge on any atom is -0.350 e. The summed E-state index contributed by atoms with van der Waals surface area (Å²) in [5.41, 5.74) is 0.598. The van der Waals surface area contributed by atoms with E-state index in [2.05, 4.69) is 5.32 Å². The van der Waals surface area contributed by atoms with Crippen molar-refractivity contribution in [1.29, 1.82) is 0 Å². The van der Waals surface area contributed by atoms with Gasteiger partial charge in [-0.05, 0) is 48.2 Å². The van der Waals surface area contributed by atoms with E-state index in [-0.39, 0.29) is 29.2 Å². The number of amides is 1. The predicted molar refractivity (Wildman–Crippen MR) is 98.8 cm³/mol. The van der Waals surface area contributed by atoms with Crippen molar-refractivity contribution < 1.29 is 26.4 Å². The van der Waals surface area contributed by atoms with Gasteiger partial charge in [-0.1, -0.05) is 31.2 Å². The lowest BCUT2D eigenvalue weighted by molar-refractivity contribution is -0.137. The smallest absolute Gasteiger partial charge is 0.350 e. The van der Waals surface area contributed by atoms with Gasteiger partial charge in [0.1, 0.15) is 0 Å². The van der Waals surface area contributed by atoms with Gasteiger partial charge >= 0.3 is 6.18 Å². The molecule has 0 saturated heterocycles. The van der Waals surface area contributed by atoms with Crippen LogP contribution in [0.3, 0.4) is 0 Å². The molecular formula is C19H21F3N2O3S. The molecule has 2 atom stereocenters. The van der Waals surface area contributed by atoms with Crippen LogP contribution >= 0.6 is 0 Å². The van der Waals surface area contributed by atoms with Gasteiger partial charge in [-0.3, -0.25) is 4.79 Å². The number of nitrogens with two attached hydrogens (primary N) is 1. The van der Waals surface area contributed by atoms with Crippen molar-refractivity contribution in [2.24, 2.45) is 5.14 Å². The molecule has 1 amide bonds. The maximum atomic E-state index is 12.6. The van der Waals surface area contributed by atoms with Crippen LogP contribution in [0.2, 0.25) is 0 Å². The molecule has 5 nitrogen and oxygen atoms in total. The van der Waals surface area contributed by atoms with E-state index in [1.165, 1.54) is 24.3 Å². The van der Waals surface area contributed by atoms with Crippen LogP contribution in [0.1, 0.15) is 48.9 Å². The quantitative estimate of drug-likeness (QED) is 0.755. The topological polar surface area (TPSA) is 89.3 Å². The molecule has 9 heteroatoms. The molecule has 28 heavy (non-hydrogen) atoms. The maximum absolute atomic E-state index is 12.6. The second kappa shape index (κ2) is 8.32. The molecule has 2 rings (SSSR count). The Balaban J connectivity index is 1.97.